The molecule has 106 valence electrons. The van der Waals surface area contributed by atoms with Gasteiger partial charge in [0.25, 0.3) is 5.91 Å². The van der Waals surface area contributed by atoms with Crippen LogP contribution < -0.4 is 10.1 Å². The van der Waals surface area contributed by atoms with Gasteiger partial charge in [0.1, 0.15) is 5.75 Å². The lowest BCUT2D eigenvalue weighted by molar-refractivity contribution is -0.123. The fourth-order valence-corrected chi connectivity index (χ4v) is 1.76. The van der Waals surface area contributed by atoms with E-state index in [0.717, 1.165) is 18.6 Å². The Morgan fingerprint density at radius 3 is 2.37 bits per heavy atom. The van der Waals surface area contributed by atoms with E-state index in [1.54, 1.807) is 0 Å². The quantitative estimate of drug-likeness (QED) is 0.819. The van der Waals surface area contributed by atoms with Crippen LogP contribution in [0.1, 0.15) is 39.2 Å². The van der Waals surface area contributed by atoms with E-state index in [2.05, 4.69) is 19.2 Å². The number of benzene rings is 1. The van der Waals surface area contributed by atoms with Crippen molar-refractivity contribution in [1.29, 1.82) is 0 Å². The van der Waals surface area contributed by atoms with Crippen molar-refractivity contribution in [3.63, 3.8) is 0 Å². The zero-order valence-electron chi connectivity index (χ0n) is 12.4. The second-order valence-electron chi connectivity index (χ2n) is 5.54. The van der Waals surface area contributed by atoms with Crippen LogP contribution in [0.4, 0.5) is 0 Å². The Kier molecular flexibility index (Phi) is 6.40. The van der Waals surface area contributed by atoms with Gasteiger partial charge in [0.2, 0.25) is 0 Å². The van der Waals surface area contributed by atoms with Crippen LogP contribution in [0.3, 0.4) is 0 Å². The van der Waals surface area contributed by atoms with Crippen LogP contribution in [-0.2, 0) is 4.79 Å². The molecule has 0 fully saturated rings. The van der Waals surface area contributed by atoms with E-state index < -0.39 is 0 Å². The van der Waals surface area contributed by atoms with Gasteiger partial charge < -0.3 is 10.1 Å². The summed E-state index contributed by atoms with van der Waals surface area (Å²) in [5.41, 5.74) is 1.18. The van der Waals surface area contributed by atoms with E-state index >= 15 is 0 Å². The van der Waals surface area contributed by atoms with Crippen molar-refractivity contribution in [2.24, 2.45) is 5.92 Å². The standard InChI is InChI=1S/C16H25NO2/c1-12(2)5-8-14(4)17-16(18)11-19-15-9-6-13(3)7-10-15/h6-7,9-10,12,14H,5,8,11H2,1-4H3,(H,17,18). The molecule has 0 heterocycles. The van der Waals surface area contributed by atoms with Crippen LogP contribution >= 0.6 is 0 Å². The lowest BCUT2D eigenvalue weighted by Gasteiger charge is -2.15. The van der Waals surface area contributed by atoms with E-state index in [9.17, 15) is 4.79 Å². The summed E-state index contributed by atoms with van der Waals surface area (Å²) < 4.78 is 5.44. The maximum Gasteiger partial charge on any atom is 0.258 e. The molecule has 1 rings (SSSR count). The Balaban J connectivity index is 2.25. The molecule has 0 saturated heterocycles. The first-order valence-corrected chi connectivity index (χ1v) is 6.96. The molecule has 1 aromatic carbocycles. The molecule has 0 aliphatic carbocycles. The summed E-state index contributed by atoms with van der Waals surface area (Å²) in [6.07, 6.45) is 2.13. The van der Waals surface area contributed by atoms with Gasteiger partial charge >= 0.3 is 0 Å². The zero-order chi connectivity index (χ0) is 14.3. The average molecular weight is 263 g/mol. The van der Waals surface area contributed by atoms with Crippen LogP contribution in [-0.4, -0.2) is 18.6 Å². The van der Waals surface area contributed by atoms with Crippen LogP contribution in [0.15, 0.2) is 24.3 Å². The summed E-state index contributed by atoms with van der Waals surface area (Å²) in [5.74, 6) is 1.34. The minimum Gasteiger partial charge on any atom is -0.484 e. The lowest BCUT2D eigenvalue weighted by atomic mass is 10.0. The normalized spacial score (nSPS) is 12.3. The Labute approximate surface area is 116 Å². The first-order chi connectivity index (χ1) is 8.97. The molecule has 19 heavy (non-hydrogen) atoms. The molecule has 0 aliphatic rings. The number of hydrogen-bond donors (Lipinski definition) is 1. The summed E-state index contributed by atoms with van der Waals surface area (Å²) >= 11 is 0. The van der Waals surface area contributed by atoms with Gasteiger partial charge in [0.15, 0.2) is 6.61 Å². The highest BCUT2D eigenvalue weighted by Crippen LogP contribution is 2.11. The number of ether oxygens (including phenoxy) is 1. The number of carbonyl (C=O) groups excluding carboxylic acids is 1. The summed E-state index contributed by atoms with van der Waals surface area (Å²) in [7, 11) is 0. The summed E-state index contributed by atoms with van der Waals surface area (Å²) in [6, 6.07) is 7.91. The van der Waals surface area contributed by atoms with Gasteiger partial charge in [-0.1, -0.05) is 31.5 Å². The molecule has 1 atom stereocenters. The molecule has 0 saturated carbocycles. The Morgan fingerprint density at radius 2 is 1.79 bits per heavy atom. The highest BCUT2D eigenvalue weighted by Gasteiger charge is 2.08. The molecule has 1 unspecified atom stereocenters. The molecule has 1 N–H and O–H groups in total. The molecular weight excluding hydrogens is 238 g/mol. The number of carbonyl (C=O) groups is 1. The smallest absolute Gasteiger partial charge is 0.258 e. The van der Waals surface area contributed by atoms with Crippen molar-refractivity contribution in [3.05, 3.63) is 29.8 Å². The number of hydrogen-bond acceptors (Lipinski definition) is 2. The molecule has 3 nitrogen and oxygen atoms in total. The summed E-state index contributed by atoms with van der Waals surface area (Å²) in [4.78, 5) is 11.7. The monoisotopic (exact) mass is 263 g/mol. The van der Waals surface area contributed by atoms with E-state index in [0.29, 0.717) is 5.92 Å². The maximum atomic E-state index is 11.7. The second-order valence-corrected chi connectivity index (χ2v) is 5.54. The van der Waals surface area contributed by atoms with E-state index in [-0.39, 0.29) is 18.6 Å². The highest BCUT2D eigenvalue weighted by atomic mass is 16.5. The van der Waals surface area contributed by atoms with Crippen LogP contribution in [0.5, 0.6) is 5.75 Å². The van der Waals surface area contributed by atoms with Crippen LogP contribution in [0.2, 0.25) is 0 Å². The Morgan fingerprint density at radius 1 is 1.16 bits per heavy atom. The average Bonchev–Trinajstić information content (AvgIpc) is 2.36. The molecule has 0 radical (unpaired) electrons. The highest BCUT2D eigenvalue weighted by molar-refractivity contribution is 5.77. The maximum absolute atomic E-state index is 11.7. The molecule has 0 aliphatic heterocycles. The fraction of sp³-hybridized carbons (Fsp3) is 0.562. The number of rotatable bonds is 7. The molecular formula is C16H25NO2. The van der Waals surface area contributed by atoms with E-state index in [1.807, 2.05) is 38.1 Å². The summed E-state index contributed by atoms with van der Waals surface area (Å²) in [6.45, 7) is 8.51. The molecule has 1 aromatic rings. The van der Waals surface area contributed by atoms with Gasteiger partial charge in [-0.25, -0.2) is 0 Å². The fourth-order valence-electron chi connectivity index (χ4n) is 1.76. The van der Waals surface area contributed by atoms with Crippen molar-refractivity contribution in [2.75, 3.05) is 6.61 Å². The third-order valence-corrected chi connectivity index (χ3v) is 2.98. The Bertz CT molecular complexity index is 384. The van der Waals surface area contributed by atoms with Crippen molar-refractivity contribution in [2.45, 2.75) is 46.6 Å². The van der Waals surface area contributed by atoms with Crippen LogP contribution in [0, 0.1) is 12.8 Å². The van der Waals surface area contributed by atoms with Crippen molar-refractivity contribution >= 4 is 5.91 Å². The molecule has 1 amide bonds. The number of nitrogens with one attached hydrogen (secondary N) is 1. The van der Waals surface area contributed by atoms with Gasteiger partial charge in [-0.05, 0) is 44.7 Å². The first-order valence-electron chi connectivity index (χ1n) is 6.96. The zero-order valence-corrected chi connectivity index (χ0v) is 12.4. The second kappa shape index (κ2) is 7.82. The Hall–Kier alpha value is -1.51. The van der Waals surface area contributed by atoms with Crippen molar-refractivity contribution in [1.82, 2.24) is 5.32 Å². The van der Waals surface area contributed by atoms with Crippen molar-refractivity contribution in [3.8, 4) is 5.75 Å². The van der Waals surface area contributed by atoms with E-state index in [4.69, 9.17) is 4.74 Å². The van der Waals surface area contributed by atoms with Gasteiger partial charge in [-0.3, -0.25) is 4.79 Å². The molecule has 0 spiro atoms. The van der Waals surface area contributed by atoms with E-state index in [1.165, 1.54) is 5.56 Å². The van der Waals surface area contributed by atoms with Gasteiger partial charge in [0.05, 0.1) is 0 Å². The van der Waals surface area contributed by atoms with Crippen molar-refractivity contribution < 1.29 is 9.53 Å². The van der Waals surface area contributed by atoms with Crippen LogP contribution in [0.25, 0.3) is 0 Å². The third kappa shape index (κ3) is 6.85. The lowest BCUT2D eigenvalue weighted by Crippen LogP contribution is -2.36. The van der Waals surface area contributed by atoms with Gasteiger partial charge in [0, 0.05) is 6.04 Å². The van der Waals surface area contributed by atoms with Gasteiger partial charge in [-0.15, -0.1) is 0 Å². The minimum atomic E-state index is -0.0585. The molecule has 0 bridgehead atoms. The SMILES string of the molecule is Cc1ccc(OCC(=O)NC(C)CCC(C)C)cc1. The third-order valence-electron chi connectivity index (χ3n) is 2.98. The molecule has 3 heteroatoms. The number of amides is 1. The largest absolute Gasteiger partial charge is 0.484 e. The predicted octanol–water partition coefficient (Wildman–Crippen LogP) is 3.31. The molecule has 0 aromatic heterocycles. The summed E-state index contributed by atoms with van der Waals surface area (Å²) in [5, 5.41) is 2.95. The first kappa shape index (κ1) is 15.5. The predicted molar refractivity (Wildman–Crippen MR) is 78.4 cm³/mol. The minimum absolute atomic E-state index is 0.0585. The van der Waals surface area contributed by atoms with Gasteiger partial charge in [-0.2, -0.15) is 0 Å². The topological polar surface area (TPSA) is 38.3 Å². The number of aryl methyl sites for hydroxylation is 1.